The summed E-state index contributed by atoms with van der Waals surface area (Å²) < 4.78 is 27.2. The van der Waals surface area contributed by atoms with Crippen LogP contribution in [-0.2, 0) is 27.9 Å². The van der Waals surface area contributed by atoms with E-state index in [9.17, 15) is 13.2 Å². The predicted molar refractivity (Wildman–Crippen MR) is 111 cm³/mol. The molecule has 0 bridgehead atoms. The molecule has 8 heteroatoms. The zero-order valence-corrected chi connectivity index (χ0v) is 17.9. The SMILES string of the molecule is CN(C)Cc1ccc(CNC(=O)C2CCCN(S(=O)(=O)c3cccs3)C2)cc1. The fourth-order valence-electron chi connectivity index (χ4n) is 3.37. The molecular formula is C20H27N3O3S2. The summed E-state index contributed by atoms with van der Waals surface area (Å²) in [6.07, 6.45) is 1.41. The van der Waals surface area contributed by atoms with Crippen molar-refractivity contribution in [2.75, 3.05) is 27.2 Å². The number of amides is 1. The summed E-state index contributed by atoms with van der Waals surface area (Å²) in [6.45, 7) is 2.05. The van der Waals surface area contributed by atoms with E-state index in [-0.39, 0.29) is 18.4 Å². The lowest BCUT2D eigenvalue weighted by Gasteiger charge is -2.30. The molecule has 0 aliphatic carbocycles. The minimum atomic E-state index is -3.50. The van der Waals surface area contributed by atoms with Gasteiger partial charge in [-0.2, -0.15) is 4.31 Å². The van der Waals surface area contributed by atoms with Gasteiger partial charge in [-0.1, -0.05) is 30.3 Å². The summed E-state index contributed by atoms with van der Waals surface area (Å²) in [6, 6.07) is 11.5. The van der Waals surface area contributed by atoms with E-state index in [1.165, 1.54) is 21.2 Å². The minimum Gasteiger partial charge on any atom is -0.352 e. The number of piperidine rings is 1. The van der Waals surface area contributed by atoms with Crippen molar-refractivity contribution in [2.24, 2.45) is 5.92 Å². The molecule has 1 aliphatic heterocycles. The largest absolute Gasteiger partial charge is 0.352 e. The molecule has 3 rings (SSSR count). The molecule has 1 aromatic heterocycles. The number of carbonyl (C=O) groups is 1. The van der Waals surface area contributed by atoms with E-state index in [0.717, 1.165) is 12.1 Å². The normalized spacial score (nSPS) is 18.3. The third-order valence-electron chi connectivity index (χ3n) is 4.83. The van der Waals surface area contributed by atoms with Crippen LogP contribution in [0.4, 0.5) is 0 Å². The van der Waals surface area contributed by atoms with Crippen LogP contribution < -0.4 is 5.32 Å². The molecule has 0 spiro atoms. The second-order valence-electron chi connectivity index (χ2n) is 7.41. The number of sulfonamides is 1. The highest BCUT2D eigenvalue weighted by molar-refractivity contribution is 7.91. The number of nitrogens with one attached hydrogen (secondary N) is 1. The van der Waals surface area contributed by atoms with Crippen LogP contribution in [0.1, 0.15) is 24.0 Å². The van der Waals surface area contributed by atoms with E-state index < -0.39 is 10.0 Å². The third kappa shape index (κ3) is 5.20. The smallest absolute Gasteiger partial charge is 0.252 e. The Morgan fingerprint density at radius 1 is 1.21 bits per heavy atom. The maximum Gasteiger partial charge on any atom is 0.252 e. The van der Waals surface area contributed by atoms with Gasteiger partial charge in [-0.05, 0) is 49.5 Å². The van der Waals surface area contributed by atoms with E-state index in [1.807, 2.05) is 26.2 Å². The second-order valence-corrected chi connectivity index (χ2v) is 10.5. The number of hydrogen-bond donors (Lipinski definition) is 1. The Kier molecular flexibility index (Phi) is 6.87. The van der Waals surface area contributed by atoms with Crippen LogP contribution in [0.15, 0.2) is 46.0 Å². The van der Waals surface area contributed by atoms with Crippen molar-refractivity contribution < 1.29 is 13.2 Å². The van der Waals surface area contributed by atoms with Gasteiger partial charge in [-0.15, -0.1) is 11.3 Å². The van der Waals surface area contributed by atoms with Crippen LogP contribution in [0.25, 0.3) is 0 Å². The van der Waals surface area contributed by atoms with Crippen molar-refractivity contribution >= 4 is 27.3 Å². The maximum absolute atomic E-state index is 12.7. The van der Waals surface area contributed by atoms with Gasteiger partial charge in [0.05, 0.1) is 5.92 Å². The fourth-order valence-corrected chi connectivity index (χ4v) is 6.04. The molecule has 1 fully saturated rings. The first-order chi connectivity index (χ1) is 13.4. The summed E-state index contributed by atoms with van der Waals surface area (Å²) in [5, 5.41) is 4.72. The molecule has 1 amide bonds. The van der Waals surface area contributed by atoms with E-state index in [1.54, 1.807) is 17.5 Å². The number of benzene rings is 1. The average Bonchev–Trinajstić information content (AvgIpc) is 3.22. The quantitative estimate of drug-likeness (QED) is 0.746. The molecule has 0 radical (unpaired) electrons. The van der Waals surface area contributed by atoms with Crippen LogP contribution >= 0.6 is 11.3 Å². The number of rotatable bonds is 7. The molecule has 6 nitrogen and oxygen atoms in total. The van der Waals surface area contributed by atoms with Gasteiger partial charge in [0.2, 0.25) is 5.91 Å². The maximum atomic E-state index is 12.7. The Morgan fingerprint density at radius 3 is 2.57 bits per heavy atom. The molecule has 1 unspecified atom stereocenters. The molecule has 2 aromatic rings. The van der Waals surface area contributed by atoms with Crippen molar-refractivity contribution in [3.63, 3.8) is 0 Å². The van der Waals surface area contributed by atoms with Gasteiger partial charge in [-0.25, -0.2) is 8.42 Å². The average molecular weight is 422 g/mol. The standard InChI is InChI=1S/C20H27N3O3S2/c1-22(2)14-17-9-7-16(8-10-17)13-21-20(24)18-5-3-11-23(15-18)28(25,26)19-6-4-12-27-19/h4,6-10,12,18H,3,5,11,13-15H2,1-2H3,(H,21,24). The Labute approximate surface area is 171 Å². The topological polar surface area (TPSA) is 69.7 Å². The zero-order chi connectivity index (χ0) is 20.1. The van der Waals surface area contributed by atoms with E-state index in [0.29, 0.717) is 30.1 Å². The molecule has 1 atom stereocenters. The summed E-state index contributed by atoms with van der Waals surface area (Å²) in [5.74, 6) is -0.389. The number of hydrogen-bond acceptors (Lipinski definition) is 5. The molecule has 1 N–H and O–H groups in total. The molecule has 1 aliphatic rings. The van der Waals surface area contributed by atoms with Gasteiger partial charge < -0.3 is 10.2 Å². The summed E-state index contributed by atoms with van der Waals surface area (Å²) in [7, 11) is 0.557. The van der Waals surface area contributed by atoms with Crippen LogP contribution in [0.3, 0.4) is 0 Å². The van der Waals surface area contributed by atoms with Crippen molar-refractivity contribution in [2.45, 2.75) is 30.1 Å². The monoisotopic (exact) mass is 421 g/mol. The molecule has 28 heavy (non-hydrogen) atoms. The lowest BCUT2D eigenvalue weighted by molar-refractivity contribution is -0.126. The first kappa shape index (κ1) is 21.0. The second kappa shape index (κ2) is 9.17. The lowest BCUT2D eigenvalue weighted by Crippen LogP contribution is -2.45. The summed E-state index contributed by atoms with van der Waals surface area (Å²) in [4.78, 5) is 14.7. The van der Waals surface area contributed by atoms with Crippen molar-refractivity contribution in [3.05, 3.63) is 52.9 Å². The van der Waals surface area contributed by atoms with Crippen molar-refractivity contribution in [3.8, 4) is 0 Å². The number of thiophene rings is 1. The van der Waals surface area contributed by atoms with Gasteiger partial charge >= 0.3 is 0 Å². The highest BCUT2D eigenvalue weighted by Crippen LogP contribution is 2.26. The van der Waals surface area contributed by atoms with E-state index in [4.69, 9.17) is 0 Å². The van der Waals surface area contributed by atoms with Crippen LogP contribution in [0.2, 0.25) is 0 Å². The Bertz CT molecular complexity index is 878. The predicted octanol–water partition coefficient (Wildman–Crippen LogP) is 2.53. The van der Waals surface area contributed by atoms with E-state index >= 15 is 0 Å². The van der Waals surface area contributed by atoms with Crippen LogP contribution in [-0.4, -0.2) is 50.7 Å². The zero-order valence-electron chi connectivity index (χ0n) is 16.3. The van der Waals surface area contributed by atoms with E-state index in [2.05, 4.69) is 22.3 Å². The third-order valence-corrected chi connectivity index (χ3v) is 8.07. The molecule has 0 saturated carbocycles. The number of nitrogens with zero attached hydrogens (tertiary/aromatic N) is 2. The highest BCUT2D eigenvalue weighted by atomic mass is 32.2. The van der Waals surface area contributed by atoms with Gasteiger partial charge in [0.1, 0.15) is 4.21 Å². The van der Waals surface area contributed by atoms with Crippen molar-refractivity contribution in [1.29, 1.82) is 0 Å². The molecule has 1 saturated heterocycles. The lowest BCUT2D eigenvalue weighted by atomic mass is 9.98. The summed E-state index contributed by atoms with van der Waals surface area (Å²) >= 11 is 1.21. The first-order valence-corrected chi connectivity index (χ1v) is 11.7. The van der Waals surface area contributed by atoms with Gasteiger partial charge in [0.25, 0.3) is 10.0 Å². The van der Waals surface area contributed by atoms with Crippen molar-refractivity contribution in [1.82, 2.24) is 14.5 Å². The summed E-state index contributed by atoms with van der Waals surface area (Å²) in [5.41, 5.74) is 2.26. The molecule has 1 aromatic carbocycles. The van der Waals surface area contributed by atoms with Crippen LogP contribution in [0, 0.1) is 5.92 Å². The number of carbonyl (C=O) groups excluding carboxylic acids is 1. The Morgan fingerprint density at radius 2 is 1.93 bits per heavy atom. The minimum absolute atomic E-state index is 0.0801. The fraction of sp³-hybridized carbons (Fsp3) is 0.450. The Hall–Kier alpha value is -1.74. The van der Waals surface area contributed by atoms with Crippen LogP contribution in [0.5, 0.6) is 0 Å². The highest BCUT2D eigenvalue weighted by Gasteiger charge is 2.33. The first-order valence-electron chi connectivity index (χ1n) is 9.40. The van der Waals surface area contributed by atoms with Gasteiger partial charge in [0, 0.05) is 26.2 Å². The Balaban J connectivity index is 1.56. The molecular weight excluding hydrogens is 394 g/mol. The molecule has 152 valence electrons. The van der Waals surface area contributed by atoms with Gasteiger partial charge in [0.15, 0.2) is 0 Å². The van der Waals surface area contributed by atoms with Gasteiger partial charge in [-0.3, -0.25) is 4.79 Å². The molecule has 2 heterocycles.